The fourth-order valence-corrected chi connectivity index (χ4v) is 3.40. The number of likely N-dealkylation sites (tertiary alicyclic amines) is 1. The molecule has 2 aliphatic rings. The molecule has 1 saturated heterocycles. The van der Waals surface area contributed by atoms with Crippen molar-refractivity contribution < 1.29 is 9.59 Å². The Balaban J connectivity index is 1.52. The molecular weight excluding hydrogens is 306 g/mol. The van der Waals surface area contributed by atoms with Gasteiger partial charge in [0.05, 0.1) is 11.8 Å². The number of piperidine rings is 1. The first-order valence-corrected chi connectivity index (χ1v) is 8.59. The second kappa shape index (κ2) is 6.22. The quantitative estimate of drug-likeness (QED) is 0.647. The Morgan fingerprint density at radius 2 is 2.08 bits per heavy atom. The molecule has 0 atom stereocenters. The molecule has 4 rings (SSSR count). The van der Waals surface area contributed by atoms with Gasteiger partial charge in [-0.3, -0.25) is 9.59 Å². The summed E-state index contributed by atoms with van der Waals surface area (Å²) >= 11 is 0. The van der Waals surface area contributed by atoms with Crippen molar-refractivity contribution in [3.8, 4) is 0 Å². The zero-order valence-electron chi connectivity index (χ0n) is 13.5. The number of Topliss-reactive ketones (excluding diaryl/α,β-unsaturated/α-hetero) is 1. The number of nitrogens with zero attached hydrogens (tertiary/aromatic N) is 3. The number of aromatic amines is 1. The van der Waals surface area contributed by atoms with E-state index in [0.717, 1.165) is 51.6 Å². The van der Waals surface area contributed by atoms with Gasteiger partial charge < -0.3 is 15.2 Å². The van der Waals surface area contributed by atoms with Crippen LogP contribution >= 0.6 is 0 Å². The van der Waals surface area contributed by atoms with E-state index in [9.17, 15) is 9.59 Å². The molecule has 0 spiro atoms. The molecule has 1 aliphatic heterocycles. The fraction of sp³-hybridized carbons (Fsp3) is 0.529. The second-order valence-corrected chi connectivity index (χ2v) is 6.71. The summed E-state index contributed by atoms with van der Waals surface area (Å²) in [6, 6.07) is 0.276. The summed E-state index contributed by atoms with van der Waals surface area (Å²) in [4.78, 5) is 37.1. The summed E-state index contributed by atoms with van der Waals surface area (Å²) in [5.74, 6) is 1.02. The van der Waals surface area contributed by atoms with E-state index in [4.69, 9.17) is 0 Å². The van der Waals surface area contributed by atoms with E-state index in [1.165, 1.54) is 0 Å². The van der Waals surface area contributed by atoms with Crippen LogP contribution in [0.15, 0.2) is 12.4 Å². The van der Waals surface area contributed by atoms with Gasteiger partial charge in [-0.2, -0.15) is 0 Å². The number of carbonyl (C=O) groups excluding carboxylic acids is 2. The maximum Gasteiger partial charge on any atom is 0.209 e. The number of aromatic nitrogens is 3. The smallest absolute Gasteiger partial charge is 0.209 e. The van der Waals surface area contributed by atoms with Crippen molar-refractivity contribution in [2.45, 2.75) is 38.1 Å². The summed E-state index contributed by atoms with van der Waals surface area (Å²) in [6.07, 6.45) is 9.20. The highest BCUT2D eigenvalue weighted by molar-refractivity contribution is 6.07. The van der Waals surface area contributed by atoms with Gasteiger partial charge in [-0.1, -0.05) is 6.42 Å². The number of hydrogen-bond acceptors (Lipinski definition) is 5. The van der Waals surface area contributed by atoms with Gasteiger partial charge in [0.25, 0.3) is 0 Å². The van der Waals surface area contributed by atoms with Crippen molar-refractivity contribution in [3.63, 3.8) is 0 Å². The first-order chi connectivity index (χ1) is 11.7. The van der Waals surface area contributed by atoms with Gasteiger partial charge >= 0.3 is 0 Å². The Morgan fingerprint density at radius 3 is 2.75 bits per heavy atom. The molecule has 7 heteroatoms. The van der Waals surface area contributed by atoms with Crippen LogP contribution in [0.25, 0.3) is 11.2 Å². The lowest BCUT2D eigenvalue weighted by atomic mass is 9.80. The SMILES string of the molecule is O=CN1CCC(Nc2cnc3[nH]cc(C(=O)C4CCC4)c3n2)CC1. The van der Waals surface area contributed by atoms with Gasteiger partial charge in [-0.15, -0.1) is 0 Å². The highest BCUT2D eigenvalue weighted by Gasteiger charge is 2.28. The number of carbonyl (C=O) groups is 2. The molecule has 0 radical (unpaired) electrons. The maximum atomic E-state index is 12.5. The molecule has 3 heterocycles. The highest BCUT2D eigenvalue weighted by atomic mass is 16.1. The number of hydrogen-bond donors (Lipinski definition) is 2. The number of anilines is 1. The molecule has 2 aromatic rings. The monoisotopic (exact) mass is 327 g/mol. The highest BCUT2D eigenvalue weighted by Crippen LogP contribution is 2.31. The molecule has 126 valence electrons. The van der Waals surface area contributed by atoms with Crippen LogP contribution in [0.1, 0.15) is 42.5 Å². The summed E-state index contributed by atoms with van der Waals surface area (Å²) in [5.41, 5.74) is 1.96. The van der Waals surface area contributed by atoms with Crippen LogP contribution in [0.2, 0.25) is 0 Å². The van der Waals surface area contributed by atoms with Crippen LogP contribution in [-0.4, -0.2) is 51.2 Å². The number of fused-ring (bicyclic) bond motifs is 1. The molecule has 1 saturated carbocycles. The van der Waals surface area contributed by atoms with E-state index in [1.54, 1.807) is 17.3 Å². The van der Waals surface area contributed by atoms with E-state index < -0.39 is 0 Å². The summed E-state index contributed by atoms with van der Waals surface area (Å²) in [6.45, 7) is 1.51. The van der Waals surface area contributed by atoms with Crippen LogP contribution < -0.4 is 5.32 Å². The van der Waals surface area contributed by atoms with Crippen LogP contribution in [0.4, 0.5) is 5.82 Å². The molecule has 2 fully saturated rings. The number of H-pyrrole nitrogens is 1. The molecule has 1 amide bonds. The molecule has 2 N–H and O–H groups in total. The van der Waals surface area contributed by atoms with Crippen molar-refractivity contribution in [2.75, 3.05) is 18.4 Å². The Labute approximate surface area is 139 Å². The molecule has 7 nitrogen and oxygen atoms in total. The third-order valence-corrected chi connectivity index (χ3v) is 5.15. The molecule has 0 unspecified atom stereocenters. The lowest BCUT2D eigenvalue weighted by molar-refractivity contribution is -0.118. The van der Waals surface area contributed by atoms with E-state index in [-0.39, 0.29) is 17.7 Å². The van der Waals surface area contributed by atoms with E-state index in [0.29, 0.717) is 22.5 Å². The fourth-order valence-electron chi connectivity index (χ4n) is 3.40. The predicted octanol–water partition coefficient (Wildman–Crippen LogP) is 1.97. The van der Waals surface area contributed by atoms with Crippen LogP contribution in [0.5, 0.6) is 0 Å². The number of nitrogens with one attached hydrogen (secondary N) is 2. The van der Waals surface area contributed by atoms with E-state index >= 15 is 0 Å². The lowest BCUT2D eigenvalue weighted by Gasteiger charge is -2.29. The number of ketones is 1. The van der Waals surface area contributed by atoms with E-state index in [2.05, 4.69) is 20.3 Å². The molecule has 0 aromatic carbocycles. The van der Waals surface area contributed by atoms with Crippen molar-refractivity contribution in [2.24, 2.45) is 5.92 Å². The molecule has 1 aliphatic carbocycles. The van der Waals surface area contributed by atoms with Crippen molar-refractivity contribution in [1.29, 1.82) is 0 Å². The average molecular weight is 327 g/mol. The Bertz CT molecular complexity index is 759. The van der Waals surface area contributed by atoms with Gasteiger partial charge in [0, 0.05) is 31.2 Å². The predicted molar refractivity (Wildman–Crippen MR) is 89.8 cm³/mol. The number of amides is 1. The summed E-state index contributed by atoms with van der Waals surface area (Å²) in [7, 11) is 0. The number of rotatable bonds is 5. The minimum atomic E-state index is 0.148. The summed E-state index contributed by atoms with van der Waals surface area (Å²) < 4.78 is 0. The average Bonchev–Trinajstić information content (AvgIpc) is 2.97. The Hall–Kier alpha value is -2.44. The topological polar surface area (TPSA) is 91.0 Å². The van der Waals surface area contributed by atoms with Gasteiger partial charge in [0.15, 0.2) is 11.4 Å². The third kappa shape index (κ3) is 2.74. The van der Waals surface area contributed by atoms with Gasteiger partial charge in [-0.05, 0) is 25.7 Å². The minimum Gasteiger partial charge on any atom is -0.366 e. The summed E-state index contributed by atoms with van der Waals surface area (Å²) in [5, 5.41) is 3.39. The zero-order chi connectivity index (χ0) is 16.5. The Kier molecular flexibility index (Phi) is 3.92. The molecule has 24 heavy (non-hydrogen) atoms. The van der Waals surface area contributed by atoms with Gasteiger partial charge in [-0.25, -0.2) is 9.97 Å². The van der Waals surface area contributed by atoms with Crippen LogP contribution in [0, 0.1) is 5.92 Å². The second-order valence-electron chi connectivity index (χ2n) is 6.71. The lowest BCUT2D eigenvalue weighted by Crippen LogP contribution is -2.38. The molecular formula is C17H21N5O2. The van der Waals surface area contributed by atoms with Crippen molar-refractivity contribution in [3.05, 3.63) is 18.0 Å². The standard InChI is InChI=1S/C17H21N5O2/c23-10-22-6-4-12(5-7-22)20-14-9-19-17-15(21-14)13(8-18-17)16(24)11-2-1-3-11/h8-12H,1-7H2,(H,18,19)(H,20,21). The van der Waals surface area contributed by atoms with Crippen molar-refractivity contribution in [1.82, 2.24) is 19.9 Å². The van der Waals surface area contributed by atoms with Gasteiger partial charge in [0.2, 0.25) is 6.41 Å². The molecule has 0 bridgehead atoms. The first kappa shape index (κ1) is 15.1. The largest absolute Gasteiger partial charge is 0.366 e. The van der Waals surface area contributed by atoms with Crippen LogP contribution in [0.3, 0.4) is 0 Å². The normalized spacial score (nSPS) is 19.2. The van der Waals surface area contributed by atoms with Gasteiger partial charge in [0.1, 0.15) is 11.3 Å². The van der Waals surface area contributed by atoms with E-state index in [1.807, 2.05) is 0 Å². The third-order valence-electron chi connectivity index (χ3n) is 5.15. The first-order valence-electron chi connectivity index (χ1n) is 8.59. The Morgan fingerprint density at radius 1 is 1.29 bits per heavy atom. The molecule has 2 aromatic heterocycles. The van der Waals surface area contributed by atoms with Crippen molar-refractivity contribution >= 4 is 29.2 Å². The maximum absolute atomic E-state index is 12.5. The zero-order valence-corrected chi connectivity index (χ0v) is 13.5. The minimum absolute atomic E-state index is 0.148. The van der Waals surface area contributed by atoms with Crippen LogP contribution in [-0.2, 0) is 4.79 Å².